The average molecular weight is 426 g/mol. The lowest BCUT2D eigenvalue weighted by Crippen LogP contribution is -2.26. The number of nitrogens with zero attached hydrogens (tertiary/aromatic N) is 1. The Bertz CT molecular complexity index is 708. The number of halogens is 2. The van der Waals surface area contributed by atoms with Gasteiger partial charge in [0.2, 0.25) is 0 Å². The van der Waals surface area contributed by atoms with E-state index in [2.05, 4.69) is 0 Å². The van der Waals surface area contributed by atoms with Crippen molar-refractivity contribution >= 4 is 54.8 Å². The summed E-state index contributed by atoms with van der Waals surface area (Å²) in [4.78, 5) is 11.8. The number of hydroxylamine groups is 2. The first-order valence-electron chi connectivity index (χ1n) is 7.67. The molecule has 0 bridgehead atoms. The molecule has 0 aliphatic rings. The Morgan fingerprint density at radius 3 is 2.56 bits per heavy atom. The first-order chi connectivity index (χ1) is 11.7. The van der Waals surface area contributed by atoms with E-state index in [1.807, 2.05) is 0 Å². The molecule has 140 valence electrons. The van der Waals surface area contributed by atoms with Crippen molar-refractivity contribution in [2.24, 2.45) is 0 Å². The average Bonchev–Trinajstić information content (AvgIpc) is 2.51. The van der Waals surface area contributed by atoms with E-state index in [9.17, 15) is 18.4 Å². The molecule has 9 heteroatoms. The molecule has 0 aromatic heterocycles. The lowest BCUT2D eigenvalue weighted by Gasteiger charge is -2.12. The molecule has 5 nitrogen and oxygen atoms in total. The van der Waals surface area contributed by atoms with Crippen molar-refractivity contribution in [3.8, 4) is 0 Å². The van der Waals surface area contributed by atoms with Crippen molar-refractivity contribution < 1.29 is 18.4 Å². The Hall–Kier alpha value is -0.730. The second-order valence-electron chi connectivity index (χ2n) is 5.40. The molecule has 1 aromatic carbocycles. The van der Waals surface area contributed by atoms with Crippen LogP contribution in [0.5, 0.6) is 0 Å². The molecule has 0 saturated carbocycles. The first kappa shape index (κ1) is 22.3. The molecule has 0 radical (unpaired) electrons. The molecule has 1 N–H and O–H groups in total. The molecule has 1 rings (SSSR count). The SMILES string of the molecule is CS(=O)(=O)SCCCCCCN(O)C(=O)/C=C/c1ccc(Cl)cc1Cl. The van der Waals surface area contributed by atoms with E-state index in [0.717, 1.165) is 30.1 Å². The topological polar surface area (TPSA) is 74.7 Å². The minimum absolute atomic E-state index is 0.219. The molecule has 0 heterocycles. The quantitative estimate of drug-likeness (QED) is 0.196. The summed E-state index contributed by atoms with van der Waals surface area (Å²) in [6.45, 7) is 0.219. The molecule has 25 heavy (non-hydrogen) atoms. The third kappa shape index (κ3) is 10.1. The molecule has 0 saturated heterocycles. The number of carbonyl (C=O) groups is 1. The van der Waals surface area contributed by atoms with E-state index in [1.54, 1.807) is 18.2 Å². The van der Waals surface area contributed by atoms with Crippen LogP contribution >= 0.6 is 34.0 Å². The Morgan fingerprint density at radius 2 is 1.92 bits per heavy atom. The molecule has 0 unspecified atom stereocenters. The molecule has 0 aliphatic heterocycles. The predicted octanol–water partition coefficient (Wildman–Crippen LogP) is 4.48. The highest BCUT2D eigenvalue weighted by molar-refractivity contribution is 8.71. The van der Waals surface area contributed by atoms with Crippen molar-refractivity contribution in [3.05, 3.63) is 39.9 Å². The fraction of sp³-hybridized carbons (Fsp3) is 0.438. The van der Waals surface area contributed by atoms with Gasteiger partial charge in [-0.15, -0.1) is 0 Å². The highest BCUT2D eigenvalue weighted by Gasteiger charge is 2.07. The van der Waals surface area contributed by atoms with E-state index in [4.69, 9.17) is 23.2 Å². The van der Waals surface area contributed by atoms with Crippen molar-refractivity contribution in [1.29, 1.82) is 0 Å². The summed E-state index contributed by atoms with van der Waals surface area (Å²) in [5.41, 5.74) is 0.635. The third-order valence-corrected chi connectivity index (χ3v) is 6.41. The Kier molecular flexibility index (Phi) is 9.89. The van der Waals surface area contributed by atoms with Gasteiger partial charge in [0.05, 0.1) is 0 Å². The van der Waals surface area contributed by atoms with Crippen molar-refractivity contribution in [2.75, 3.05) is 18.6 Å². The van der Waals surface area contributed by atoms with Crippen LogP contribution in [0.3, 0.4) is 0 Å². The van der Waals surface area contributed by atoms with Crippen molar-refractivity contribution in [1.82, 2.24) is 5.06 Å². The summed E-state index contributed by atoms with van der Waals surface area (Å²) in [5.74, 6) is 0.0317. The maximum Gasteiger partial charge on any atom is 0.269 e. The van der Waals surface area contributed by atoms with Crippen LogP contribution in [0.25, 0.3) is 6.08 Å². The zero-order chi connectivity index (χ0) is 18.9. The fourth-order valence-electron chi connectivity index (χ4n) is 1.92. The van der Waals surface area contributed by atoms with Gasteiger partial charge in [0.25, 0.3) is 5.91 Å². The van der Waals surface area contributed by atoms with Crippen LogP contribution in [-0.4, -0.2) is 43.1 Å². The van der Waals surface area contributed by atoms with Gasteiger partial charge >= 0.3 is 0 Å². The summed E-state index contributed by atoms with van der Waals surface area (Å²) >= 11 is 11.8. The van der Waals surface area contributed by atoms with E-state index in [-0.39, 0.29) is 6.54 Å². The van der Waals surface area contributed by atoms with Gasteiger partial charge in [-0.05, 0) is 47.4 Å². The summed E-state index contributed by atoms with van der Waals surface area (Å²) in [7, 11) is -2.04. The zero-order valence-electron chi connectivity index (χ0n) is 13.8. The molecule has 1 aromatic rings. The van der Waals surface area contributed by atoms with Gasteiger partial charge < -0.3 is 0 Å². The standard InChI is InChI=1S/C16H21Cl2NO4S2/c1-25(22,23)24-11-5-3-2-4-10-19(21)16(20)9-7-13-6-8-14(17)12-15(13)18/h6-9,12,21H,2-5,10-11H2,1H3/b9-7+. The van der Waals surface area contributed by atoms with Crippen LogP contribution in [0.2, 0.25) is 10.0 Å². The molecule has 0 fully saturated rings. The van der Waals surface area contributed by atoms with E-state index in [1.165, 1.54) is 18.4 Å². The van der Waals surface area contributed by atoms with Crippen LogP contribution in [-0.2, 0) is 13.7 Å². The largest absolute Gasteiger partial charge is 0.286 e. The van der Waals surface area contributed by atoms with Crippen molar-refractivity contribution in [2.45, 2.75) is 25.7 Å². The van der Waals surface area contributed by atoms with Gasteiger partial charge in [-0.3, -0.25) is 10.0 Å². The van der Waals surface area contributed by atoms with Crippen LogP contribution < -0.4 is 0 Å². The molecular formula is C16H21Cl2NO4S2. The summed E-state index contributed by atoms with van der Waals surface area (Å²) < 4.78 is 21.9. The van der Waals surface area contributed by atoms with E-state index >= 15 is 0 Å². The Balaban J connectivity index is 2.27. The van der Waals surface area contributed by atoms with Gasteiger partial charge in [-0.2, -0.15) is 0 Å². The molecule has 0 aliphatic carbocycles. The number of hydrogen-bond donors (Lipinski definition) is 1. The summed E-state index contributed by atoms with van der Waals surface area (Å²) in [5, 5.41) is 11.3. The maximum absolute atomic E-state index is 11.8. The van der Waals surface area contributed by atoms with E-state index < -0.39 is 14.8 Å². The lowest BCUT2D eigenvalue weighted by molar-refractivity contribution is -0.159. The predicted molar refractivity (Wildman–Crippen MR) is 105 cm³/mol. The van der Waals surface area contributed by atoms with E-state index in [0.29, 0.717) is 32.8 Å². The smallest absolute Gasteiger partial charge is 0.269 e. The minimum atomic E-state index is -2.98. The third-order valence-electron chi connectivity index (χ3n) is 3.18. The van der Waals surface area contributed by atoms with Gasteiger partial charge in [-0.1, -0.05) is 42.1 Å². The van der Waals surface area contributed by atoms with Crippen LogP contribution in [0.15, 0.2) is 24.3 Å². The zero-order valence-corrected chi connectivity index (χ0v) is 17.0. The Morgan fingerprint density at radius 1 is 1.24 bits per heavy atom. The molecule has 0 atom stereocenters. The van der Waals surface area contributed by atoms with Gasteiger partial charge in [0.1, 0.15) is 0 Å². The second kappa shape index (κ2) is 11.1. The molecule has 0 spiro atoms. The second-order valence-corrected chi connectivity index (χ2v) is 10.8. The number of amides is 1. The van der Waals surface area contributed by atoms with Crippen LogP contribution in [0, 0.1) is 0 Å². The Labute approximate surface area is 162 Å². The first-order valence-corrected chi connectivity index (χ1v) is 11.8. The lowest BCUT2D eigenvalue weighted by atomic mass is 10.2. The highest BCUT2D eigenvalue weighted by atomic mass is 35.5. The highest BCUT2D eigenvalue weighted by Crippen LogP contribution is 2.22. The minimum Gasteiger partial charge on any atom is -0.286 e. The number of benzene rings is 1. The molecule has 1 amide bonds. The molecular weight excluding hydrogens is 405 g/mol. The van der Waals surface area contributed by atoms with Gasteiger partial charge in [0.15, 0.2) is 8.87 Å². The summed E-state index contributed by atoms with van der Waals surface area (Å²) in [6, 6.07) is 4.92. The number of unbranched alkanes of at least 4 members (excludes halogenated alkanes) is 3. The monoisotopic (exact) mass is 425 g/mol. The van der Waals surface area contributed by atoms with Crippen LogP contribution in [0.1, 0.15) is 31.2 Å². The normalized spacial score (nSPS) is 11.8. The maximum atomic E-state index is 11.8. The fourth-order valence-corrected chi connectivity index (χ4v) is 4.28. The summed E-state index contributed by atoms with van der Waals surface area (Å²) in [6.07, 6.45) is 7.04. The number of carbonyl (C=O) groups excluding carboxylic acids is 1. The number of hydrogen-bond acceptors (Lipinski definition) is 5. The van der Waals surface area contributed by atoms with Gasteiger partial charge in [0, 0.05) is 34.7 Å². The number of rotatable bonds is 10. The van der Waals surface area contributed by atoms with Crippen LogP contribution in [0.4, 0.5) is 0 Å². The van der Waals surface area contributed by atoms with Crippen molar-refractivity contribution in [3.63, 3.8) is 0 Å². The van der Waals surface area contributed by atoms with Gasteiger partial charge in [-0.25, -0.2) is 13.5 Å².